The van der Waals surface area contributed by atoms with E-state index >= 15 is 0 Å². The molecule has 3 aromatic carbocycles. The summed E-state index contributed by atoms with van der Waals surface area (Å²) in [4.78, 5) is 0. The van der Waals surface area contributed by atoms with E-state index in [0.717, 1.165) is 40.7 Å². The number of nitrogens with zero attached hydrogens (tertiary/aromatic N) is 1. The van der Waals surface area contributed by atoms with Gasteiger partial charge in [0.15, 0.2) is 0 Å². The number of rotatable bonds is 4. The Morgan fingerprint density at radius 2 is 1.56 bits per heavy atom. The fourth-order valence-corrected chi connectivity index (χ4v) is 6.83. The number of nitrogens with one attached hydrogen (secondary N) is 1. The zero-order chi connectivity index (χ0) is 23.9. The number of aryl methyl sites for hydroxylation is 3. The Morgan fingerprint density at radius 3 is 2.18 bits per heavy atom. The number of halogens is 2. The molecule has 1 aliphatic heterocycles. The fraction of sp³-hybridized carbons (Fsp3) is 0.333. The maximum Gasteiger partial charge on any atom is 0.301 e. The van der Waals surface area contributed by atoms with Gasteiger partial charge in [-0.25, -0.2) is 8.78 Å². The number of fused-ring (bicyclic) bond motifs is 2. The van der Waals surface area contributed by atoms with Crippen molar-refractivity contribution in [3.63, 3.8) is 0 Å². The first-order valence-corrected chi connectivity index (χ1v) is 13.2. The third-order valence-corrected chi connectivity index (χ3v) is 8.55. The molecule has 34 heavy (non-hydrogen) atoms. The molecule has 0 amide bonds. The molecule has 0 aromatic heterocycles. The summed E-state index contributed by atoms with van der Waals surface area (Å²) in [5, 5.41) is 0. The van der Waals surface area contributed by atoms with Crippen LogP contribution in [-0.2, 0) is 23.1 Å². The van der Waals surface area contributed by atoms with E-state index in [1.54, 1.807) is 24.3 Å². The van der Waals surface area contributed by atoms with E-state index in [0.29, 0.717) is 31.6 Å². The van der Waals surface area contributed by atoms with Gasteiger partial charge in [0.25, 0.3) is 0 Å². The minimum Gasteiger partial charge on any atom is -0.271 e. The Hall–Kier alpha value is -2.77. The van der Waals surface area contributed by atoms with Crippen molar-refractivity contribution in [2.24, 2.45) is 5.92 Å². The number of hydrogen-bond donors (Lipinski definition) is 1. The molecule has 2 aliphatic rings. The van der Waals surface area contributed by atoms with E-state index in [-0.39, 0.29) is 23.5 Å². The van der Waals surface area contributed by atoms with Crippen LogP contribution in [0.5, 0.6) is 0 Å². The molecule has 1 fully saturated rings. The van der Waals surface area contributed by atoms with Crippen molar-refractivity contribution >= 4 is 15.9 Å². The summed E-state index contributed by atoms with van der Waals surface area (Å²) in [6.45, 7) is 2.71. The highest BCUT2D eigenvalue weighted by molar-refractivity contribution is 7.90. The van der Waals surface area contributed by atoms with Crippen LogP contribution in [0, 0.1) is 24.5 Å². The second kappa shape index (κ2) is 9.12. The smallest absolute Gasteiger partial charge is 0.271 e. The van der Waals surface area contributed by atoms with E-state index in [9.17, 15) is 17.2 Å². The Labute approximate surface area is 199 Å². The molecule has 1 heterocycles. The quantitative estimate of drug-likeness (QED) is 0.528. The van der Waals surface area contributed by atoms with E-state index in [1.807, 2.05) is 31.2 Å². The van der Waals surface area contributed by atoms with Crippen molar-refractivity contribution < 1.29 is 17.2 Å². The lowest BCUT2D eigenvalue weighted by atomic mass is 9.75. The third kappa shape index (κ3) is 4.59. The van der Waals surface area contributed by atoms with Gasteiger partial charge in [0.2, 0.25) is 0 Å². The van der Waals surface area contributed by atoms with Gasteiger partial charge < -0.3 is 0 Å². The molecule has 1 atom stereocenters. The summed E-state index contributed by atoms with van der Waals surface area (Å²) >= 11 is 0. The van der Waals surface area contributed by atoms with Gasteiger partial charge in [0.05, 0.1) is 5.69 Å². The van der Waals surface area contributed by atoms with Crippen LogP contribution in [0.4, 0.5) is 14.5 Å². The summed E-state index contributed by atoms with van der Waals surface area (Å²) < 4.78 is 58.9. The lowest BCUT2D eigenvalue weighted by Gasteiger charge is -2.37. The van der Waals surface area contributed by atoms with Gasteiger partial charge >= 0.3 is 10.2 Å². The van der Waals surface area contributed by atoms with E-state index in [2.05, 4.69) is 4.72 Å². The minimum absolute atomic E-state index is 0.00523. The van der Waals surface area contributed by atoms with Crippen LogP contribution in [0.3, 0.4) is 0 Å². The SMILES string of the molecule is Cc1cccc(NS(=O)(=O)N2CCCC(C3c4ccc(F)cc4CCc4cc(F)ccc43)C2)c1. The highest BCUT2D eigenvalue weighted by atomic mass is 32.2. The predicted molar refractivity (Wildman–Crippen MR) is 130 cm³/mol. The maximum atomic E-state index is 14.1. The Morgan fingerprint density at radius 1 is 0.912 bits per heavy atom. The molecule has 5 rings (SSSR count). The van der Waals surface area contributed by atoms with Crippen LogP contribution in [0.2, 0.25) is 0 Å². The molecule has 0 saturated carbocycles. The predicted octanol–water partition coefficient (Wildman–Crippen LogP) is 5.57. The second-order valence-corrected chi connectivity index (χ2v) is 11.1. The zero-order valence-electron chi connectivity index (χ0n) is 19.1. The average Bonchev–Trinajstić information content (AvgIpc) is 2.95. The van der Waals surface area contributed by atoms with Crippen LogP contribution >= 0.6 is 0 Å². The van der Waals surface area contributed by atoms with Crippen LogP contribution in [-0.4, -0.2) is 25.8 Å². The largest absolute Gasteiger partial charge is 0.301 e. The molecule has 1 unspecified atom stereocenters. The summed E-state index contributed by atoms with van der Waals surface area (Å²) in [7, 11) is -3.74. The molecule has 1 aliphatic carbocycles. The number of benzene rings is 3. The molecular weight excluding hydrogens is 454 g/mol. The lowest BCUT2D eigenvalue weighted by Crippen LogP contribution is -2.44. The van der Waals surface area contributed by atoms with Crippen molar-refractivity contribution in [2.45, 2.75) is 38.5 Å². The van der Waals surface area contributed by atoms with Crippen LogP contribution in [0.25, 0.3) is 0 Å². The van der Waals surface area contributed by atoms with Gasteiger partial charge in [0, 0.05) is 19.0 Å². The van der Waals surface area contributed by atoms with Gasteiger partial charge in [0.1, 0.15) is 11.6 Å². The van der Waals surface area contributed by atoms with Crippen LogP contribution < -0.4 is 4.72 Å². The van der Waals surface area contributed by atoms with Crippen molar-refractivity contribution in [2.75, 3.05) is 17.8 Å². The molecule has 3 aromatic rings. The summed E-state index contributed by atoms with van der Waals surface area (Å²) in [5.74, 6) is -0.699. The zero-order valence-corrected chi connectivity index (χ0v) is 19.9. The Balaban J connectivity index is 1.49. The first-order chi connectivity index (χ1) is 16.3. The van der Waals surface area contributed by atoms with Crippen LogP contribution in [0.1, 0.15) is 46.6 Å². The standard InChI is InChI=1S/C27H28F2N2O2S/c1-18-4-2-6-24(14-18)30-34(32,33)31-13-3-5-21(17-31)27-25-11-9-22(28)15-19(25)7-8-20-16-23(29)10-12-26(20)27/h2,4,6,9-12,14-16,21,27,30H,3,5,7-8,13,17H2,1H3. The van der Waals surface area contributed by atoms with Crippen molar-refractivity contribution in [3.8, 4) is 0 Å². The molecule has 7 heteroatoms. The van der Waals surface area contributed by atoms with Gasteiger partial charge in [-0.2, -0.15) is 12.7 Å². The fourth-order valence-electron chi connectivity index (χ4n) is 5.52. The third-order valence-electron chi connectivity index (χ3n) is 7.04. The van der Waals surface area contributed by atoms with Gasteiger partial charge in [-0.15, -0.1) is 0 Å². The molecule has 0 bridgehead atoms. The lowest BCUT2D eigenvalue weighted by molar-refractivity contribution is 0.249. The van der Waals surface area contributed by atoms with Gasteiger partial charge in [-0.05, 0) is 103 Å². The second-order valence-electron chi connectivity index (χ2n) is 9.40. The van der Waals surface area contributed by atoms with Gasteiger partial charge in [-0.1, -0.05) is 24.3 Å². The molecule has 1 saturated heterocycles. The first kappa shape index (κ1) is 23.0. The molecule has 4 nitrogen and oxygen atoms in total. The van der Waals surface area contributed by atoms with E-state index in [4.69, 9.17) is 0 Å². The molecular formula is C27H28F2N2O2S. The number of piperidine rings is 1. The molecule has 0 radical (unpaired) electrons. The monoisotopic (exact) mass is 482 g/mol. The van der Waals surface area contributed by atoms with E-state index in [1.165, 1.54) is 16.4 Å². The van der Waals surface area contributed by atoms with Crippen LogP contribution in [0.15, 0.2) is 60.7 Å². The van der Waals surface area contributed by atoms with E-state index < -0.39 is 10.2 Å². The summed E-state index contributed by atoms with van der Waals surface area (Å²) in [6.07, 6.45) is 2.82. The number of hydrogen-bond acceptors (Lipinski definition) is 2. The Bertz CT molecular complexity index is 1270. The van der Waals surface area contributed by atoms with Crippen molar-refractivity contribution in [1.29, 1.82) is 0 Å². The normalized spacial score (nSPS) is 19.2. The Kier molecular flexibility index (Phi) is 6.16. The minimum atomic E-state index is -3.74. The highest BCUT2D eigenvalue weighted by Gasteiger charge is 2.37. The highest BCUT2D eigenvalue weighted by Crippen LogP contribution is 2.43. The van der Waals surface area contributed by atoms with Crippen molar-refractivity contribution in [1.82, 2.24) is 4.31 Å². The first-order valence-electron chi connectivity index (χ1n) is 11.7. The van der Waals surface area contributed by atoms with Gasteiger partial charge in [-0.3, -0.25) is 4.72 Å². The summed E-state index contributed by atoms with van der Waals surface area (Å²) in [5.41, 5.74) is 5.38. The molecule has 0 spiro atoms. The number of anilines is 1. The molecule has 1 N–H and O–H groups in total. The summed E-state index contributed by atoms with van der Waals surface area (Å²) in [6, 6.07) is 17.0. The topological polar surface area (TPSA) is 49.4 Å². The molecule has 178 valence electrons. The average molecular weight is 483 g/mol. The maximum absolute atomic E-state index is 14.1. The van der Waals surface area contributed by atoms with Crippen molar-refractivity contribution in [3.05, 3.63) is 100 Å².